The van der Waals surface area contributed by atoms with E-state index >= 15 is 4.39 Å². The molecule has 1 amide bonds. The minimum atomic E-state index is -0.876. The Morgan fingerprint density at radius 3 is 2.43 bits per heavy atom. The normalized spacial score (nSPS) is 29.0. The Kier molecular flexibility index (Phi) is 14.5. The van der Waals surface area contributed by atoms with Gasteiger partial charge in [0.05, 0.1) is 18.6 Å². The molecule has 3 aliphatic rings. The minimum Gasteiger partial charge on any atom is -0.457 e. The number of hydrogen-bond donors (Lipinski definition) is 2. The first-order valence-electron chi connectivity index (χ1n) is 18.2. The van der Waals surface area contributed by atoms with E-state index in [1.165, 1.54) is 6.07 Å². The molecular weight excluding hydrogens is 627 g/mol. The molecule has 10 nitrogen and oxygen atoms in total. The first kappa shape index (κ1) is 38.8. The van der Waals surface area contributed by atoms with Crippen LogP contribution in [-0.4, -0.2) is 127 Å². The van der Waals surface area contributed by atoms with Crippen LogP contribution in [0.2, 0.25) is 0 Å². The SMILES string of the molecule is CC[C@H](O)[C@@H](C)CN1CCN(c2cc(F)cc(/C=C(\C)[C@H]3OC(=O)C[C@H](O)CC[C@H](C)[C@@H](OC(=O)N4CCN(C)CC4)/C=C\[C@@H]3C)c2)CC1. The molecular formula is C38H59FN4O6. The van der Waals surface area contributed by atoms with Gasteiger partial charge in [-0.05, 0) is 80.5 Å². The number of benzene rings is 1. The summed E-state index contributed by atoms with van der Waals surface area (Å²) in [5.74, 6) is -0.996. The summed E-state index contributed by atoms with van der Waals surface area (Å²) in [6, 6.07) is 5.00. The lowest BCUT2D eigenvalue weighted by atomic mass is 9.91. The maximum absolute atomic E-state index is 15.0. The molecule has 0 spiro atoms. The smallest absolute Gasteiger partial charge is 0.410 e. The monoisotopic (exact) mass is 686 g/mol. The fourth-order valence-electron chi connectivity index (χ4n) is 6.96. The summed E-state index contributed by atoms with van der Waals surface area (Å²) in [5, 5.41) is 20.9. The highest BCUT2D eigenvalue weighted by Gasteiger charge is 2.29. The van der Waals surface area contributed by atoms with E-state index in [9.17, 15) is 19.8 Å². The number of piperazine rings is 2. The van der Waals surface area contributed by atoms with E-state index in [2.05, 4.69) is 21.6 Å². The molecule has 2 saturated heterocycles. The molecule has 0 unspecified atom stereocenters. The Labute approximate surface area is 292 Å². The van der Waals surface area contributed by atoms with Crippen molar-refractivity contribution in [1.82, 2.24) is 14.7 Å². The number of hydrogen-bond acceptors (Lipinski definition) is 9. The number of halogens is 1. The van der Waals surface area contributed by atoms with Gasteiger partial charge in [-0.3, -0.25) is 9.69 Å². The van der Waals surface area contributed by atoms with Gasteiger partial charge < -0.3 is 34.4 Å². The second-order valence-corrected chi connectivity index (χ2v) is 14.6. The van der Waals surface area contributed by atoms with Crippen molar-refractivity contribution in [3.05, 3.63) is 47.3 Å². The van der Waals surface area contributed by atoms with Crippen molar-refractivity contribution in [2.75, 3.05) is 70.9 Å². The second-order valence-electron chi connectivity index (χ2n) is 14.6. The summed E-state index contributed by atoms with van der Waals surface area (Å²) in [6.07, 6.45) is 4.53. The number of aliphatic hydroxyl groups is 2. The van der Waals surface area contributed by atoms with Crippen LogP contribution in [0.5, 0.6) is 0 Å². The van der Waals surface area contributed by atoms with E-state index in [1.54, 1.807) is 11.0 Å². The number of carbonyl (C=O) groups is 2. The van der Waals surface area contributed by atoms with E-state index in [4.69, 9.17) is 9.47 Å². The molecule has 0 aromatic heterocycles. The van der Waals surface area contributed by atoms with Crippen LogP contribution in [0.4, 0.5) is 14.9 Å². The Hall–Kier alpha value is -2.99. The molecule has 0 saturated carbocycles. The fraction of sp³-hybridized carbons (Fsp3) is 0.684. The summed E-state index contributed by atoms with van der Waals surface area (Å²) < 4.78 is 27.0. The van der Waals surface area contributed by atoms with E-state index in [1.807, 2.05) is 59.0 Å². The van der Waals surface area contributed by atoms with Crippen LogP contribution in [0.1, 0.15) is 65.9 Å². The molecule has 1 aromatic rings. The quantitative estimate of drug-likeness (QED) is 0.295. The molecule has 274 valence electrons. The van der Waals surface area contributed by atoms with E-state index in [0.717, 1.165) is 63.5 Å². The van der Waals surface area contributed by atoms with Gasteiger partial charge in [0.15, 0.2) is 0 Å². The number of anilines is 1. The van der Waals surface area contributed by atoms with Crippen LogP contribution in [0.15, 0.2) is 35.9 Å². The van der Waals surface area contributed by atoms with E-state index in [-0.39, 0.29) is 42.2 Å². The zero-order chi connectivity index (χ0) is 35.7. The van der Waals surface area contributed by atoms with Gasteiger partial charge in [-0.1, -0.05) is 39.8 Å². The van der Waals surface area contributed by atoms with E-state index < -0.39 is 24.3 Å². The lowest BCUT2D eigenvalue weighted by Gasteiger charge is -2.38. The third-order valence-electron chi connectivity index (χ3n) is 10.4. The fourth-order valence-corrected chi connectivity index (χ4v) is 6.96. The summed E-state index contributed by atoms with van der Waals surface area (Å²) in [4.78, 5) is 34.5. The molecule has 4 rings (SSSR count). The third-order valence-corrected chi connectivity index (χ3v) is 10.4. The molecule has 0 bridgehead atoms. The first-order chi connectivity index (χ1) is 23.3. The van der Waals surface area contributed by atoms with Crippen LogP contribution in [0.3, 0.4) is 0 Å². The van der Waals surface area contributed by atoms with Crippen molar-refractivity contribution in [1.29, 1.82) is 0 Å². The highest BCUT2D eigenvalue weighted by Crippen LogP contribution is 2.28. The predicted octanol–water partition coefficient (Wildman–Crippen LogP) is 4.80. The maximum Gasteiger partial charge on any atom is 0.410 e. The molecule has 3 aliphatic heterocycles. The number of cyclic esters (lactones) is 1. The van der Waals surface area contributed by atoms with Gasteiger partial charge in [0.2, 0.25) is 0 Å². The number of aliphatic hydroxyl groups excluding tert-OH is 2. The Bertz CT molecular complexity index is 1290. The maximum atomic E-state index is 15.0. The number of rotatable bonds is 8. The Morgan fingerprint density at radius 1 is 1.06 bits per heavy atom. The minimum absolute atomic E-state index is 0.0704. The summed E-state index contributed by atoms with van der Waals surface area (Å²) in [5.41, 5.74) is 2.20. The van der Waals surface area contributed by atoms with Crippen molar-refractivity contribution in [2.24, 2.45) is 17.8 Å². The summed E-state index contributed by atoms with van der Waals surface area (Å²) in [7, 11) is 2.03. The third kappa shape index (κ3) is 11.5. The molecule has 0 radical (unpaired) electrons. The largest absolute Gasteiger partial charge is 0.457 e. The average Bonchev–Trinajstić information content (AvgIpc) is 3.07. The molecule has 0 aliphatic carbocycles. The van der Waals surface area contributed by atoms with Crippen LogP contribution in [0.25, 0.3) is 6.08 Å². The topological polar surface area (TPSA) is 106 Å². The van der Waals surface area contributed by atoms with Crippen molar-refractivity contribution in [2.45, 2.75) is 84.7 Å². The molecule has 2 N–H and O–H groups in total. The number of nitrogens with zero attached hydrogens (tertiary/aromatic N) is 4. The molecule has 11 heteroatoms. The van der Waals surface area contributed by atoms with Crippen LogP contribution < -0.4 is 4.90 Å². The summed E-state index contributed by atoms with van der Waals surface area (Å²) in [6.45, 7) is 16.7. The number of ether oxygens (including phenoxy) is 2. The summed E-state index contributed by atoms with van der Waals surface area (Å²) >= 11 is 0. The van der Waals surface area contributed by atoms with Crippen molar-refractivity contribution < 1.29 is 33.7 Å². The van der Waals surface area contributed by atoms with Crippen LogP contribution >= 0.6 is 0 Å². The number of esters is 1. The number of carbonyl (C=O) groups excluding carboxylic acids is 2. The lowest BCUT2D eigenvalue weighted by molar-refractivity contribution is -0.151. The Morgan fingerprint density at radius 2 is 1.76 bits per heavy atom. The highest BCUT2D eigenvalue weighted by atomic mass is 19.1. The number of likely N-dealkylation sites (N-methyl/N-ethyl adjacent to an activating group) is 1. The lowest BCUT2D eigenvalue weighted by Crippen LogP contribution is -2.48. The first-order valence-corrected chi connectivity index (χ1v) is 18.2. The van der Waals surface area contributed by atoms with Gasteiger partial charge >= 0.3 is 12.1 Å². The highest BCUT2D eigenvalue weighted by molar-refractivity contribution is 5.71. The van der Waals surface area contributed by atoms with Crippen molar-refractivity contribution in [3.63, 3.8) is 0 Å². The predicted molar refractivity (Wildman–Crippen MR) is 191 cm³/mol. The van der Waals surface area contributed by atoms with Crippen LogP contribution in [0, 0.1) is 23.6 Å². The van der Waals surface area contributed by atoms with Gasteiger partial charge in [-0.25, -0.2) is 9.18 Å². The number of amides is 1. The van der Waals surface area contributed by atoms with Gasteiger partial charge in [0.25, 0.3) is 0 Å². The zero-order valence-corrected chi connectivity index (χ0v) is 30.4. The van der Waals surface area contributed by atoms with Gasteiger partial charge in [0.1, 0.15) is 18.0 Å². The van der Waals surface area contributed by atoms with Gasteiger partial charge in [-0.15, -0.1) is 0 Å². The van der Waals surface area contributed by atoms with Gasteiger partial charge in [-0.2, -0.15) is 0 Å². The van der Waals surface area contributed by atoms with E-state index in [0.29, 0.717) is 31.5 Å². The molecule has 3 heterocycles. The van der Waals surface area contributed by atoms with Crippen molar-refractivity contribution in [3.8, 4) is 0 Å². The average molecular weight is 687 g/mol. The van der Waals surface area contributed by atoms with Crippen LogP contribution in [-0.2, 0) is 14.3 Å². The standard InChI is InChI=1S/C38H59FN4O6/c1-7-34(45)29(5)25-41-14-18-42(19-15-41)32-22-30(21-31(39)23-32)20-28(4)37-27(3)9-11-35(26(2)8-10-33(44)24-36(46)49-37)48-38(47)43-16-12-40(6)13-17-43/h9,11,20-23,26-27,29,33-35,37,44-45H,7-8,10,12-19,24-25H2,1-6H3/b11-9-,28-20+/t26-,27-,29-,33+,34-,35-,37-/m0/s1. The molecule has 49 heavy (non-hydrogen) atoms. The zero-order valence-electron chi connectivity index (χ0n) is 30.4. The second kappa shape index (κ2) is 18.3. The molecule has 1 aromatic carbocycles. The van der Waals surface area contributed by atoms with Gasteiger partial charge in [0, 0.05) is 70.5 Å². The van der Waals surface area contributed by atoms with Crippen molar-refractivity contribution >= 4 is 23.8 Å². The Balaban J connectivity index is 1.50. The molecule has 7 atom stereocenters. The molecule has 2 fully saturated rings.